The average Bonchev–Trinajstić information content (AvgIpc) is 3.14. The van der Waals surface area contributed by atoms with Gasteiger partial charge in [0.2, 0.25) is 0 Å². The van der Waals surface area contributed by atoms with Gasteiger partial charge in [0.25, 0.3) is 5.92 Å². The van der Waals surface area contributed by atoms with E-state index in [0.29, 0.717) is 0 Å². The Hall–Kier alpha value is -5.04. The van der Waals surface area contributed by atoms with Crippen molar-refractivity contribution >= 4 is 32.6 Å². The Kier molecular flexibility index (Phi) is 9.38. The summed E-state index contributed by atoms with van der Waals surface area (Å²) in [5.74, 6) is -1.68. The molecule has 46 heavy (non-hydrogen) atoms. The van der Waals surface area contributed by atoms with Crippen molar-refractivity contribution in [2.24, 2.45) is 5.92 Å². The maximum absolute atomic E-state index is 11.9. The van der Waals surface area contributed by atoms with E-state index in [1.165, 1.54) is 0 Å². The highest BCUT2D eigenvalue weighted by Crippen LogP contribution is 2.71. The summed E-state index contributed by atoms with van der Waals surface area (Å²) in [6.45, 7) is 1.70. The lowest BCUT2D eigenvalue weighted by atomic mass is 10.2. The molecular weight excluding hydrogens is 609 g/mol. The first-order chi connectivity index (χ1) is 22.6. The molecule has 0 aliphatic carbocycles. The Bertz CT molecular complexity index is 1540. The van der Waals surface area contributed by atoms with Crippen LogP contribution in [0.15, 0.2) is 211 Å². The monoisotopic (exact) mass is 644 g/mol. The highest BCUT2D eigenvalue weighted by atomic mass is 32.3. The Balaban J connectivity index is 1.43. The number of benzene rings is 6. The van der Waals surface area contributed by atoms with Gasteiger partial charge in [-0.05, 0) is 79.7 Å². The van der Waals surface area contributed by atoms with E-state index < -0.39 is 26.5 Å². The van der Waals surface area contributed by atoms with Crippen molar-refractivity contribution in [3.05, 3.63) is 182 Å². The van der Waals surface area contributed by atoms with E-state index in [9.17, 15) is 9.59 Å². The molecule has 0 spiro atoms. The zero-order valence-corrected chi connectivity index (χ0v) is 27.1. The van der Waals surface area contributed by atoms with Crippen LogP contribution in [-0.2, 0) is 8.37 Å². The highest BCUT2D eigenvalue weighted by Gasteiger charge is 2.51. The third-order valence-corrected chi connectivity index (χ3v) is 14.1. The lowest BCUT2D eigenvalue weighted by Crippen LogP contribution is -2.28. The van der Waals surface area contributed by atoms with E-state index in [4.69, 9.17) is 8.37 Å². The fourth-order valence-electron chi connectivity index (χ4n) is 5.28. The van der Waals surface area contributed by atoms with Crippen LogP contribution < -0.4 is 0 Å². The van der Waals surface area contributed by atoms with Crippen LogP contribution >= 0.6 is 20.6 Å². The topological polar surface area (TPSA) is 61.3 Å². The first-order valence-corrected chi connectivity index (χ1v) is 18.1. The molecule has 0 fully saturated rings. The van der Waals surface area contributed by atoms with Crippen LogP contribution in [-0.4, -0.2) is 21.5 Å². The minimum absolute atomic E-state index is 0.341. The summed E-state index contributed by atoms with van der Waals surface area (Å²) in [5, 5.41) is 0. The molecule has 0 bridgehead atoms. The summed E-state index contributed by atoms with van der Waals surface area (Å²) in [6.07, 6.45) is 0. The highest BCUT2D eigenvalue weighted by molar-refractivity contribution is 8.30. The molecule has 0 atom stereocenters. The molecule has 6 rings (SSSR count). The molecule has 0 radical (unpaired) electrons. The van der Waals surface area contributed by atoms with Gasteiger partial charge >= 0.3 is 11.9 Å². The molecule has 0 saturated carbocycles. The van der Waals surface area contributed by atoms with Gasteiger partial charge in [-0.25, -0.2) is 0 Å². The number of hydrogen-bond acceptors (Lipinski definition) is 2. The zero-order chi connectivity index (χ0) is 31.8. The van der Waals surface area contributed by atoms with Gasteiger partial charge in [0.05, 0.1) is 50.0 Å². The van der Waals surface area contributed by atoms with E-state index in [1.807, 2.05) is 182 Å². The fraction of sp³-hybridized carbons (Fsp3) is 0.0500. The Labute approximate surface area is 273 Å². The second kappa shape index (κ2) is 13.9. The second-order valence-corrected chi connectivity index (χ2v) is 15.9. The van der Waals surface area contributed by atoms with Crippen molar-refractivity contribution in [3.8, 4) is 0 Å². The van der Waals surface area contributed by atoms with Crippen molar-refractivity contribution in [2.45, 2.75) is 36.3 Å². The van der Waals surface area contributed by atoms with Gasteiger partial charge in [-0.1, -0.05) is 109 Å². The number of hydrogen-bond donors (Lipinski definition) is 0. The first-order valence-electron chi connectivity index (χ1n) is 15.0. The molecule has 6 heteroatoms. The quantitative estimate of drug-likeness (QED) is 0.110. The molecule has 0 unspecified atom stereocenters. The van der Waals surface area contributed by atoms with Crippen molar-refractivity contribution in [2.75, 3.05) is 0 Å². The minimum atomic E-state index is -2.47. The van der Waals surface area contributed by atoms with Crippen LogP contribution in [0.2, 0.25) is 0 Å². The van der Waals surface area contributed by atoms with Gasteiger partial charge in [-0.2, -0.15) is 0 Å². The van der Waals surface area contributed by atoms with Gasteiger partial charge in [-0.15, -0.1) is 0 Å². The van der Waals surface area contributed by atoms with E-state index in [0.717, 1.165) is 29.4 Å². The summed E-state index contributed by atoms with van der Waals surface area (Å²) in [4.78, 5) is 29.2. The maximum Gasteiger partial charge on any atom is 0.517 e. The third-order valence-electron chi connectivity index (χ3n) is 7.61. The molecule has 4 nitrogen and oxygen atoms in total. The van der Waals surface area contributed by atoms with E-state index in [-0.39, 0.29) is 11.9 Å². The van der Waals surface area contributed by atoms with Crippen LogP contribution in [0, 0.1) is 5.92 Å². The smallest absolute Gasteiger partial charge is 0.337 e. The second-order valence-electron chi connectivity index (χ2n) is 10.6. The Morgan fingerprint density at radius 2 is 0.543 bits per heavy atom. The SMILES string of the molecule is CC(C(=[OH+])OS(c1ccccc1)(c1ccccc1)c1ccccc1)C(=[OH+])OS(c1ccccc1)(c1ccccc1)c1ccccc1. The molecule has 0 saturated heterocycles. The van der Waals surface area contributed by atoms with Crippen molar-refractivity contribution < 1.29 is 18.0 Å². The summed E-state index contributed by atoms with van der Waals surface area (Å²) < 4.78 is 13.6. The molecule has 6 aromatic carbocycles. The maximum atomic E-state index is 11.9. The van der Waals surface area contributed by atoms with Crippen molar-refractivity contribution in [1.82, 2.24) is 0 Å². The first kappa shape index (κ1) is 31.0. The molecule has 0 amide bonds. The normalized spacial score (nSPS) is 12.8. The van der Waals surface area contributed by atoms with Gasteiger partial charge in [0, 0.05) is 0 Å². The van der Waals surface area contributed by atoms with Crippen LogP contribution in [0.4, 0.5) is 0 Å². The molecular formula is C40H36O4S2+2. The molecule has 0 aliphatic rings. The predicted molar refractivity (Wildman–Crippen MR) is 189 cm³/mol. The lowest BCUT2D eigenvalue weighted by Gasteiger charge is -2.34. The average molecular weight is 645 g/mol. The van der Waals surface area contributed by atoms with Gasteiger partial charge in [0.15, 0.2) is 0 Å². The lowest BCUT2D eigenvalue weighted by molar-refractivity contribution is 0.419. The van der Waals surface area contributed by atoms with Gasteiger partial charge in [0.1, 0.15) is 0 Å². The standard InChI is InChI=1S/C40H34O4S2/c1-32(39(41)43-45(33-20-8-2-9-21-33,34-22-10-3-11-23-34)35-24-12-4-13-25-35)40(42)44-46(36-26-14-5-15-27-36,37-28-16-6-17-29-37)38-30-18-7-19-31-38/h2-32H,1H3/p+2. The van der Waals surface area contributed by atoms with Crippen LogP contribution in [0.1, 0.15) is 6.92 Å². The van der Waals surface area contributed by atoms with E-state index >= 15 is 0 Å². The summed E-state index contributed by atoms with van der Waals surface area (Å²) in [5.41, 5.74) is 0. The van der Waals surface area contributed by atoms with Crippen molar-refractivity contribution in [1.29, 1.82) is 0 Å². The van der Waals surface area contributed by atoms with Gasteiger partial charge in [-0.3, -0.25) is 8.37 Å². The fourth-order valence-corrected chi connectivity index (χ4v) is 11.5. The molecule has 230 valence electrons. The predicted octanol–water partition coefficient (Wildman–Crippen LogP) is 10.5. The van der Waals surface area contributed by atoms with Crippen LogP contribution in [0.3, 0.4) is 0 Å². The molecule has 6 aromatic rings. The Morgan fingerprint density at radius 3 is 0.717 bits per heavy atom. The molecule has 0 heterocycles. The number of rotatable bonds is 10. The van der Waals surface area contributed by atoms with Crippen molar-refractivity contribution in [3.63, 3.8) is 0 Å². The molecule has 2 N–H and O–H groups in total. The van der Waals surface area contributed by atoms with Gasteiger partial charge < -0.3 is 9.59 Å². The third kappa shape index (κ3) is 5.97. The molecule has 0 aromatic heterocycles. The zero-order valence-electron chi connectivity index (χ0n) is 25.4. The molecule has 0 aliphatic heterocycles. The van der Waals surface area contributed by atoms with E-state index in [2.05, 4.69) is 0 Å². The summed E-state index contributed by atoms with van der Waals surface area (Å²) in [6, 6.07) is 59.6. The minimum Gasteiger partial charge on any atom is -0.337 e. The van der Waals surface area contributed by atoms with E-state index in [1.54, 1.807) is 6.92 Å². The van der Waals surface area contributed by atoms with Crippen LogP contribution in [0.5, 0.6) is 0 Å². The number of carbonyl (C=O) groups excluding carboxylic acids is 2. The largest absolute Gasteiger partial charge is 0.517 e. The van der Waals surface area contributed by atoms with Crippen LogP contribution in [0.25, 0.3) is 0 Å². The summed E-state index contributed by atoms with van der Waals surface area (Å²) >= 11 is 0. The summed E-state index contributed by atoms with van der Waals surface area (Å²) in [7, 11) is -4.94. The Morgan fingerprint density at radius 1 is 0.370 bits per heavy atom.